The lowest BCUT2D eigenvalue weighted by atomic mass is 9.44. The first-order valence-corrected chi connectivity index (χ1v) is 13.3. The molecule has 30 heavy (non-hydrogen) atoms. The summed E-state index contributed by atoms with van der Waals surface area (Å²) in [6.07, 6.45) is 13.0. The van der Waals surface area contributed by atoms with Gasteiger partial charge in [0.15, 0.2) is 5.79 Å². The van der Waals surface area contributed by atoms with Gasteiger partial charge in [0.1, 0.15) is 0 Å². The molecular weight excluding hydrogens is 372 g/mol. The van der Waals surface area contributed by atoms with Crippen LogP contribution < -0.4 is 0 Å². The molecule has 170 valence electrons. The molecule has 6 rings (SSSR count). The van der Waals surface area contributed by atoms with Gasteiger partial charge in [-0.05, 0) is 80.0 Å². The summed E-state index contributed by atoms with van der Waals surface area (Å²) in [5.41, 5.74) is 0.469. The number of ether oxygens (including phenoxy) is 2. The van der Waals surface area contributed by atoms with Crippen LogP contribution in [-0.4, -0.2) is 29.7 Å². The third-order valence-corrected chi connectivity index (χ3v) is 12.0. The number of fused-ring (bicyclic) bond motifs is 7. The fourth-order valence-corrected chi connectivity index (χ4v) is 10.3. The Hall–Kier alpha value is -0.120. The molecule has 4 saturated carbocycles. The Morgan fingerprint density at radius 3 is 2.50 bits per heavy atom. The third kappa shape index (κ3) is 2.49. The number of rotatable bonds is 0. The molecule has 0 amide bonds. The van der Waals surface area contributed by atoms with Crippen molar-refractivity contribution in [1.29, 1.82) is 0 Å². The van der Waals surface area contributed by atoms with Gasteiger partial charge in [-0.1, -0.05) is 40.5 Å². The van der Waals surface area contributed by atoms with Crippen LogP contribution in [0.25, 0.3) is 0 Å². The average molecular weight is 417 g/mol. The van der Waals surface area contributed by atoms with Crippen LogP contribution in [0, 0.1) is 52.3 Å². The summed E-state index contributed by atoms with van der Waals surface area (Å²) in [4.78, 5) is 0. The summed E-state index contributed by atoms with van der Waals surface area (Å²) in [6.45, 7) is 10.5. The largest absolute Gasteiger partial charge is 0.393 e. The second kappa shape index (κ2) is 6.70. The number of aliphatic hydroxyl groups excluding tert-OH is 1. The third-order valence-electron chi connectivity index (χ3n) is 12.0. The van der Waals surface area contributed by atoms with Gasteiger partial charge < -0.3 is 14.6 Å². The van der Waals surface area contributed by atoms with Gasteiger partial charge in [-0.2, -0.15) is 0 Å². The van der Waals surface area contributed by atoms with Crippen molar-refractivity contribution in [3.05, 3.63) is 0 Å². The minimum absolute atomic E-state index is 0.000956. The van der Waals surface area contributed by atoms with E-state index in [9.17, 15) is 5.11 Å². The highest BCUT2D eigenvalue weighted by Gasteiger charge is 2.71. The van der Waals surface area contributed by atoms with Gasteiger partial charge in [0.05, 0.1) is 18.8 Å². The first-order valence-electron chi connectivity index (χ1n) is 13.3. The molecule has 0 bridgehead atoms. The van der Waals surface area contributed by atoms with Crippen molar-refractivity contribution in [3.63, 3.8) is 0 Å². The highest BCUT2D eigenvalue weighted by Crippen LogP contribution is 2.71. The van der Waals surface area contributed by atoms with Crippen LogP contribution in [0.3, 0.4) is 0 Å². The predicted molar refractivity (Wildman–Crippen MR) is 118 cm³/mol. The van der Waals surface area contributed by atoms with E-state index in [1.807, 2.05) is 0 Å². The molecule has 12 atom stereocenters. The van der Waals surface area contributed by atoms with Crippen molar-refractivity contribution in [2.75, 3.05) is 6.61 Å². The highest BCUT2D eigenvalue weighted by atomic mass is 16.7. The Bertz CT molecular complexity index is 684. The van der Waals surface area contributed by atoms with Crippen LogP contribution in [0.4, 0.5) is 0 Å². The second-order valence-electron chi connectivity index (χ2n) is 13.0. The van der Waals surface area contributed by atoms with Gasteiger partial charge in [0.2, 0.25) is 0 Å². The Morgan fingerprint density at radius 2 is 1.73 bits per heavy atom. The smallest absolute Gasteiger partial charge is 0.171 e. The quantitative estimate of drug-likeness (QED) is 0.543. The molecule has 2 heterocycles. The normalized spacial score (nSPS) is 62.5. The molecule has 0 aromatic rings. The zero-order valence-electron chi connectivity index (χ0n) is 19.7. The molecule has 0 aromatic heterocycles. The number of aliphatic hydroxyl groups is 1. The first-order chi connectivity index (χ1) is 14.3. The second-order valence-corrected chi connectivity index (χ2v) is 13.0. The van der Waals surface area contributed by atoms with E-state index < -0.39 is 0 Å². The van der Waals surface area contributed by atoms with E-state index in [0.29, 0.717) is 29.1 Å². The van der Waals surface area contributed by atoms with E-state index >= 15 is 0 Å². The lowest BCUT2D eigenvalue weighted by Crippen LogP contribution is -2.59. The minimum atomic E-state index is -0.376. The molecule has 6 aliphatic rings. The van der Waals surface area contributed by atoms with E-state index in [1.165, 1.54) is 44.9 Å². The predicted octanol–water partition coefficient (Wildman–Crippen LogP) is 5.79. The van der Waals surface area contributed by atoms with E-state index in [-0.39, 0.29) is 23.4 Å². The van der Waals surface area contributed by atoms with Crippen LogP contribution in [0.5, 0.6) is 0 Å². The zero-order chi connectivity index (χ0) is 20.9. The van der Waals surface area contributed by atoms with Gasteiger partial charge in [0.25, 0.3) is 0 Å². The molecule has 1 spiro atoms. The van der Waals surface area contributed by atoms with Crippen LogP contribution in [0.2, 0.25) is 0 Å². The highest BCUT2D eigenvalue weighted by molar-refractivity contribution is 5.17. The minimum Gasteiger partial charge on any atom is -0.393 e. The van der Waals surface area contributed by atoms with E-state index in [1.54, 1.807) is 0 Å². The van der Waals surface area contributed by atoms with E-state index in [4.69, 9.17) is 9.47 Å². The molecule has 6 fully saturated rings. The number of hydrogen-bond acceptors (Lipinski definition) is 3. The lowest BCUT2D eigenvalue weighted by molar-refractivity contribution is -0.274. The Kier molecular flexibility index (Phi) is 4.58. The fourth-order valence-electron chi connectivity index (χ4n) is 10.3. The van der Waals surface area contributed by atoms with Crippen LogP contribution >= 0.6 is 0 Å². The molecule has 0 radical (unpaired) electrons. The monoisotopic (exact) mass is 416 g/mol. The topological polar surface area (TPSA) is 38.7 Å². The van der Waals surface area contributed by atoms with E-state index in [2.05, 4.69) is 27.7 Å². The molecule has 2 saturated heterocycles. The summed E-state index contributed by atoms with van der Waals surface area (Å²) in [6, 6.07) is 0. The SMILES string of the molecule is CC1CC[C@@]2(OC1)O[C@H]1C[C@H]3[C@@H]4CCC5CCCC[C@]5(C)[C@H]4CC(O)[C@]3(C)[C@H]1[C@@H]2C. The van der Waals surface area contributed by atoms with Gasteiger partial charge in [-0.25, -0.2) is 0 Å². The van der Waals surface area contributed by atoms with Crippen molar-refractivity contribution < 1.29 is 14.6 Å². The molecule has 4 aliphatic carbocycles. The molecule has 0 aromatic carbocycles. The maximum absolute atomic E-state index is 11.8. The summed E-state index contributed by atoms with van der Waals surface area (Å²) < 4.78 is 13.3. The van der Waals surface area contributed by atoms with Gasteiger partial charge in [0, 0.05) is 23.7 Å². The summed E-state index contributed by atoms with van der Waals surface area (Å²) in [5, 5.41) is 11.8. The van der Waals surface area contributed by atoms with Crippen molar-refractivity contribution in [1.82, 2.24) is 0 Å². The fraction of sp³-hybridized carbons (Fsp3) is 1.00. The van der Waals surface area contributed by atoms with Crippen LogP contribution in [0.15, 0.2) is 0 Å². The molecule has 1 N–H and O–H groups in total. The maximum atomic E-state index is 11.8. The molecule has 3 heteroatoms. The van der Waals surface area contributed by atoms with Crippen molar-refractivity contribution in [2.24, 2.45) is 52.3 Å². The molecule has 3 nitrogen and oxygen atoms in total. The van der Waals surface area contributed by atoms with Crippen molar-refractivity contribution in [2.45, 2.75) is 110 Å². The summed E-state index contributed by atoms with van der Waals surface area (Å²) in [7, 11) is 0. The molecular formula is C27H44O3. The van der Waals surface area contributed by atoms with Crippen LogP contribution in [0.1, 0.15) is 91.9 Å². The van der Waals surface area contributed by atoms with Crippen molar-refractivity contribution in [3.8, 4) is 0 Å². The van der Waals surface area contributed by atoms with E-state index in [0.717, 1.165) is 43.6 Å². The molecule has 2 aliphatic heterocycles. The number of hydrogen-bond donors (Lipinski definition) is 1. The zero-order valence-corrected chi connectivity index (χ0v) is 19.7. The van der Waals surface area contributed by atoms with Gasteiger partial charge in [-0.15, -0.1) is 0 Å². The lowest BCUT2D eigenvalue weighted by Gasteiger charge is -2.62. The average Bonchev–Trinajstić information content (AvgIpc) is 3.17. The summed E-state index contributed by atoms with van der Waals surface area (Å²) >= 11 is 0. The van der Waals surface area contributed by atoms with Gasteiger partial charge in [-0.3, -0.25) is 0 Å². The first kappa shape index (κ1) is 20.5. The van der Waals surface area contributed by atoms with Crippen molar-refractivity contribution >= 4 is 0 Å². The Morgan fingerprint density at radius 1 is 0.900 bits per heavy atom. The maximum Gasteiger partial charge on any atom is 0.171 e. The Balaban J connectivity index is 1.31. The summed E-state index contributed by atoms with van der Waals surface area (Å²) in [5.74, 6) is 4.15. The Labute approximate surface area is 183 Å². The standard InChI is InChI=1S/C27H44O3/c1-16-10-12-27(29-15-16)17(2)24-22(30-27)13-21-19-9-8-18-7-5-6-11-25(18,3)20(19)14-23(28)26(21,24)4/h16-24,28H,5-15H2,1-4H3/t16?,17-,18?,19+,20-,21-,22-,23?,24-,25-,26+,27+/m0/s1. The van der Waals surface area contributed by atoms with Gasteiger partial charge >= 0.3 is 0 Å². The van der Waals surface area contributed by atoms with Crippen LogP contribution in [-0.2, 0) is 9.47 Å². The molecule has 3 unspecified atom stereocenters.